The van der Waals surface area contributed by atoms with Crippen LogP contribution < -0.4 is 11.1 Å². The van der Waals surface area contributed by atoms with E-state index in [0.29, 0.717) is 18.4 Å². The summed E-state index contributed by atoms with van der Waals surface area (Å²) >= 11 is 0. The Hall–Kier alpha value is -1.56. The lowest BCUT2D eigenvalue weighted by Gasteiger charge is -2.24. The molecule has 6 heteroatoms. The number of alkyl halides is 3. The van der Waals surface area contributed by atoms with Gasteiger partial charge in [-0.25, -0.2) is 0 Å². The molecule has 1 aromatic rings. The molecule has 1 aromatic carbocycles. The lowest BCUT2D eigenvalue weighted by atomic mass is 9.94. The summed E-state index contributed by atoms with van der Waals surface area (Å²) in [6.07, 6.45) is -1.60. The Labute approximate surface area is 140 Å². The number of halogens is 3. The Morgan fingerprint density at radius 2 is 2.04 bits per heavy atom. The minimum absolute atomic E-state index is 0.0397. The minimum atomic E-state index is -4.39. The highest BCUT2D eigenvalue weighted by Gasteiger charge is 2.32. The zero-order valence-electron chi connectivity index (χ0n) is 14.1. The molecule has 1 aliphatic rings. The van der Waals surface area contributed by atoms with E-state index in [1.807, 2.05) is 13.8 Å². The van der Waals surface area contributed by atoms with Crippen LogP contribution in [0, 0.1) is 11.8 Å². The van der Waals surface area contributed by atoms with Crippen LogP contribution in [0.2, 0.25) is 0 Å². The summed E-state index contributed by atoms with van der Waals surface area (Å²) < 4.78 is 38.8. The van der Waals surface area contributed by atoms with Crippen LogP contribution in [0.4, 0.5) is 13.2 Å². The van der Waals surface area contributed by atoms with Gasteiger partial charge in [0.1, 0.15) is 0 Å². The summed E-state index contributed by atoms with van der Waals surface area (Å²) in [6.45, 7) is 3.97. The Kier molecular flexibility index (Phi) is 5.91. The van der Waals surface area contributed by atoms with Crippen LogP contribution in [0.15, 0.2) is 24.3 Å². The Morgan fingerprint density at radius 3 is 2.58 bits per heavy atom. The van der Waals surface area contributed by atoms with Crippen LogP contribution in [0.5, 0.6) is 0 Å². The molecule has 0 radical (unpaired) electrons. The molecule has 1 amide bonds. The van der Waals surface area contributed by atoms with Gasteiger partial charge in [0, 0.05) is 12.0 Å². The second-order valence-corrected chi connectivity index (χ2v) is 7.08. The van der Waals surface area contributed by atoms with Crippen molar-refractivity contribution < 1.29 is 18.0 Å². The van der Waals surface area contributed by atoms with Gasteiger partial charge in [0.2, 0.25) is 5.91 Å². The van der Waals surface area contributed by atoms with Gasteiger partial charge in [-0.3, -0.25) is 4.79 Å². The van der Waals surface area contributed by atoms with Crippen molar-refractivity contribution in [3.05, 3.63) is 35.4 Å². The fourth-order valence-electron chi connectivity index (χ4n) is 3.23. The molecule has 3 unspecified atom stereocenters. The summed E-state index contributed by atoms with van der Waals surface area (Å²) in [5, 5.41) is 2.94. The van der Waals surface area contributed by atoms with E-state index in [1.54, 1.807) is 6.07 Å². The van der Waals surface area contributed by atoms with E-state index in [2.05, 4.69) is 5.32 Å². The standard InChI is InChI=1S/C18H25F3N2O/c1-11(2)8-16(23-17(24)13-6-7-15(22)10-13)12-4-3-5-14(9-12)18(19,20)21/h3-5,9,11,13,15-16H,6-8,10,22H2,1-2H3,(H,23,24). The highest BCUT2D eigenvalue weighted by molar-refractivity contribution is 5.79. The molecule has 0 saturated heterocycles. The van der Waals surface area contributed by atoms with Crippen LogP contribution >= 0.6 is 0 Å². The number of benzene rings is 1. The molecule has 0 bridgehead atoms. The Bertz CT molecular complexity index is 572. The van der Waals surface area contributed by atoms with Gasteiger partial charge >= 0.3 is 6.18 Å². The average Bonchev–Trinajstić information content (AvgIpc) is 2.92. The lowest BCUT2D eigenvalue weighted by Crippen LogP contribution is -2.34. The number of hydrogen-bond donors (Lipinski definition) is 2. The zero-order chi connectivity index (χ0) is 17.9. The monoisotopic (exact) mass is 342 g/mol. The molecule has 0 heterocycles. The topological polar surface area (TPSA) is 55.1 Å². The Balaban J connectivity index is 2.17. The maximum atomic E-state index is 12.9. The van der Waals surface area contributed by atoms with Crippen molar-refractivity contribution in [1.82, 2.24) is 5.32 Å². The normalized spacial score (nSPS) is 22.6. The van der Waals surface area contributed by atoms with Gasteiger partial charge in [0.25, 0.3) is 0 Å². The first kappa shape index (κ1) is 18.8. The number of carbonyl (C=O) groups is 1. The van der Waals surface area contributed by atoms with E-state index >= 15 is 0 Å². The molecule has 1 saturated carbocycles. The van der Waals surface area contributed by atoms with E-state index in [1.165, 1.54) is 6.07 Å². The predicted molar refractivity (Wildman–Crippen MR) is 87.1 cm³/mol. The highest BCUT2D eigenvalue weighted by Crippen LogP contribution is 2.32. The first-order chi connectivity index (χ1) is 11.2. The molecule has 1 aliphatic carbocycles. The number of amides is 1. The van der Waals surface area contributed by atoms with Gasteiger partial charge < -0.3 is 11.1 Å². The number of nitrogens with two attached hydrogens (primary N) is 1. The van der Waals surface area contributed by atoms with Crippen LogP contribution in [-0.4, -0.2) is 11.9 Å². The van der Waals surface area contributed by atoms with E-state index in [-0.39, 0.29) is 23.8 Å². The van der Waals surface area contributed by atoms with Crippen LogP contribution in [0.3, 0.4) is 0 Å². The molecule has 0 spiro atoms. The number of rotatable bonds is 5. The fourth-order valence-corrected chi connectivity index (χ4v) is 3.23. The molecular weight excluding hydrogens is 317 g/mol. The quantitative estimate of drug-likeness (QED) is 0.849. The molecule has 134 valence electrons. The molecule has 0 aliphatic heterocycles. The summed E-state index contributed by atoms with van der Waals surface area (Å²) in [6, 6.07) is 4.84. The molecule has 24 heavy (non-hydrogen) atoms. The number of carbonyl (C=O) groups excluding carboxylic acids is 1. The first-order valence-electron chi connectivity index (χ1n) is 8.40. The van der Waals surface area contributed by atoms with E-state index in [9.17, 15) is 18.0 Å². The number of hydrogen-bond acceptors (Lipinski definition) is 2. The molecule has 3 nitrogen and oxygen atoms in total. The summed E-state index contributed by atoms with van der Waals surface area (Å²) in [7, 11) is 0. The van der Waals surface area contributed by atoms with E-state index < -0.39 is 17.8 Å². The van der Waals surface area contributed by atoms with E-state index in [4.69, 9.17) is 5.73 Å². The lowest BCUT2D eigenvalue weighted by molar-refractivity contribution is -0.137. The fraction of sp³-hybridized carbons (Fsp3) is 0.611. The van der Waals surface area contributed by atoms with Crippen LogP contribution in [0.1, 0.15) is 56.7 Å². The predicted octanol–water partition coefficient (Wildman–Crippen LogP) is 4.04. The Morgan fingerprint density at radius 1 is 1.33 bits per heavy atom. The zero-order valence-corrected chi connectivity index (χ0v) is 14.1. The molecule has 3 N–H and O–H groups in total. The molecule has 3 atom stereocenters. The van der Waals surface area contributed by atoms with Crippen molar-refractivity contribution in [2.75, 3.05) is 0 Å². The maximum absolute atomic E-state index is 12.9. The van der Waals surface area contributed by atoms with Crippen molar-refractivity contribution in [1.29, 1.82) is 0 Å². The maximum Gasteiger partial charge on any atom is 0.416 e. The van der Waals surface area contributed by atoms with Crippen molar-refractivity contribution in [3.8, 4) is 0 Å². The SMILES string of the molecule is CC(C)CC(NC(=O)C1CCC(N)C1)c1cccc(C(F)(F)F)c1. The van der Waals surface area contributed by atoms with Gasteiger partial charge in [-0.1, -0.05) is 26.0 Å². The third kappa shape index (κ3) is 4.97. The van der Waals surface area contributed by atoms with Gasteiger partial charge in [-0.05, 0) is 49.3 Å². The third-order valence-electron chi connectivity index (χ3n) is 4.48. The summed E-state index contributed by atoms with van der Waals surface area (Å²) in [4.78, 5) is 12.4. The van der Waals surface area contributed by atoms with Gasteiger partial charge in [0.15, 0.2) is 0 Å². The minimum Gasteiger partial charge on any atom is -0.349 e. The summed E-state index contributed by atoms with van der Waals surface area (Å²) in [5.74, 6) is 0.00199. The van der Waals surface area contributed by atoms with Crippen molar-refractivity contribution in [2.24, 2.45) is 17.6 Å². The molecule has 1 fully saturated rings. The smallest absolute Gasteiger partial charge is 0.349 e. The van der Waals surface area contributed by atoms with Gasteiger partial charge in [0.05, 0.1) is 11.6 Å². The van der Waals surface area contributed by atoms with Crippen LogP contribution in [-0.2, 0) is 11.0 Å². The molecule has 2 rings (SSSR count). The van der Waals surface area contributed by atoms with Crippen molar-refractivity contribution in [3.63, 3.8) is 0 Å². The first-order valence-corrected chi connectivity index (χ1v) is 8.40. The number of nitrogens with one attached hydrogen (secondary N) is 1. The van der Waals surface area contributed by atoms with Crippen molar-refractivity contribution >= 4 is 5.91 Å². The van der Waals surface area contributed by atoms with E-state index in [0.717, 1.165) is 25.0 Å². The largest absolute Gasteiger partial charge is 0.416 e. The third-order valence-corrected chi connectivity index (χ3v) is 4.48. The second kappa shape index (κ2) is 7.55. The molecular formula is C18H25F3N2O. The van der Waals surface area contributed by atoms with Crippen molar-refractivity contribution in [2.45, 2.75) is 57.8 Å². The summed E-state index contributed by atoms with van der Waals surface area (Å²) in [5.41, 5.74) is 5.65. The van der Waals surface area contributed by atoms with Gasteiger partial charge in [-0.15, -0.1) is 0 Å². The average molecular weight is 342 g/mol. The second-order valence-electron chi connectivity index (χ2n) is 7.08. The molecule has 0 aromatic heterocycles. The van der Waals surface area contributed by atoms with Crippen LogP contribution in [0.25, 0.3) is 0 Å². The van der Waals surface area contributed by atoms with Gasteiger partial charge in [-0.2, -0.15) is 13.2 Å². The highest BCUT2D eigenvalue weighted by atomic mass is 19.4.